The minimum atomic E-state index is -0.468. The molecule has 0 saturated carbocycles. The van der Waals surface area contributed by atoms with E-state index in [9.17, 15) is 9.90 Å². The number of halogens is 1. The summed E-state index contributed by atoms with van der Waals surface area (Å²) in [5, 5.41) is 12.0. The van der Waals surface area contributed by atoms with Crippen molar-refractivity contribution in [3.8, 4) is 5.75 Å². The van der Waals surface area contributed by atoms with Crippen molar-refractivity contribution in [2.75, 3.05) is 13.1 Å². The van der Waals surface area contributed by atoms with Gasteiger partial charge in [-0.1, -0.05) is 0 Å². The predicted octanol–water partition coefficient (Wildman–Crippen LogP) is 1.91. The molecule has 0 radical (unpaired) electrons. The Morgan fingerprint density at radius 1 is 1.40 bits per heavy atom. The number of esters is 1. The van der Waals surface area contributed by atoms with E-state index in [0.717, 1.165) is 29.5 Å². The smallest absolute Gasteiger partial charge is 0.338 e. The second-order valence-electron chi connectivity index (χ2n) is 5.80. The third kappa shape index (κ3) is 3.63. The molecule has 1 aromatic rings. The molecule has 0 bridgehead atoms. The summed E-state index contributed by atoms with van der Waals surface area (Å²) in [7, 11) is 0. The van der Waals surface area contributed by atoms with Crippen molar-refractivity contribution in [1.29, 1.82) is 0 Å². The number of quaternary nitrogens is 1. The lowest BCUT2D eigenvalue weighted by Gasteiger charge is -2.35. The molecule has 1 saturated heterocycles. The SMILES string of the molecule is CC(C)(OC(=O)c1ccc(I)c(O)c1)C1CC[NH2+]CC1. The van der Waals surface area contributed by atoms with Crippen LogP contribution in [0, 0.1) is 9.49 Å². The summed E-state index contributed by atoms with van der Waals surface area (Å²) in [6, 6.07) is 4.87. The maximum Gasteiger partial charge on any atom is 0.338 e. The molecular weight excluding hydrogens is 369 g/mol. The third-order valence-corrected chi connectivity index (χ3v) is 4.87. The van der Waals surface area contributed by atoms with E-state index in [1.54, 1.807) is 12.1 Å². The summed E-state index contributed by atoms with van der Waals surface area (Å²) in [5.41, 5.74) is -0.0670. The Morgan fingerprint density at radius 3 is 2.65 bits per heavy atom. The third-order valence-electron chi connectivity index (χ3n) is 3.96. The number of nitrogens with two attached hydrogens (primary N) is 1. The molecule has 5 heteroatoms. The van der Waals surface area contributed by atoms with Gasteiger partial charge in [0.05, 0.1) is 22.2 Å². The number of phenolic OH excluding ortho intramolecular Hbond substituents is 1. The van der Waals surface area contributed by atoms with Crippen LogP contribution in [0.5, 0.6) is 5.75 Å². The fourth-order valence-corrected chi connectivity index (χ4v) is 2.98. The zero-order valence-electron chi connectivity index (χ0n) is 11.9. The minimum Gasteiger partial charge on any atom is -0.507 e. The van der Waals surface area contributed by atoms with Crippen molar-refractivity contribution >= 4 is 28.6 Å². The summed E-state index contributed by atoms with van der Waals surface area (Å²) in [4.78, 5) is 12.2. The molecule has 0 unspecified atom stereocenters. The molecule has 1 aliphatic heterocycles. The Hall–Kier alpha value is -0.820. The summed E-state index contributed by atoms with van der Waals surface area (Å²) >= 11 is 2.02. The van der Waals surface area contributed by atoms with E-state index in [2.05, 4.69) is 5.32 Å². The maximum absolute atomic E-state index is 12.2. The Balaban J connectivity index is 2.07. The van der Waals surface area contributed by atoms with Crippen LogP contribution in [0.3, 0.4) is 0 Å². The second kappa shape index (κ2) is 6.30. The summed E-state index contributed by atoms with van der Waals surface area (Å²) in [6.45, 7) is 6.15. The molecule has 3 N–H and O–H groups in total. The van der Waals surface area contributed by atoms with E-state index in [-0.39, 0.29) is 11.7 Å². The van der Waals surface area contributed by atoms with Gasteiger partial charge in [0.15, 0.2) is 0 Å². The zero-order chi connectivity index (χ0) is 14.8. The van der Waals surface area contributed by atoms with Crippen LogP contribution in [0.2, 0.25) is 0 Å². The largest absolute Gasteiger partial charge is 0.507 e. The average Bonchev–Trinajstić information content (AvgIpc) is 2.42. The zero-order valence-corrected chi connectivity index (χ0v) is 14.0. The Labute approximate surface area is 133 Å². The van der Waals surface area contributed by atoms with Crippen molar-refractivity contribution in [3.05, 3.63) is 27.3 Å². The summed E-state index contributed by atoms with van der Waals surface area (Å²) in [5.74, 6) is 0.148. The second-order valence-corrected chi connectivity index (χ2v) is 6.96. The summed E-state index contributed by atoms with van der Waals surface area (Å²) in [6.07, 6.45) is 2.14. The van der Waals surface area contributed by atoms with Gasteiger partial charge in [0.25, 0.3) is 0 Å². The highest BCUT2D eigenvalue weighted by Crippen LogP contribution is 2.29. The van der Waals surface area contributed by atoms with Crippen LogP contribution in [0.15, 0.2) is 18.2 Å². The van der Waals surface area contributed by atoms with Gasteiger partial charge >= 0.3 is 5.97 Å². The van der Waals surface area contributed by atoms with Gasteiger partial charge in [0, 0.05) is 18.8 Å². The topological polar surface area (TPSA) is 63.1 Å². The first kappa shape index (κ1) is 15.6. The molecule has 4 nitrogen and oxygen atoms in total. The molecule has 0 spiro atoms. The molecule has 20 heavy (non-hydrogen) atoms. The highest BCUT2D eigenvalue weighted by Gasteiger charge is 2.35. The highest BCUT2D eigenvalue weighted by molar-refractivity contribution is 14.1. The fourth-order valence-electron chi connectivity index (χ4n) is 2.64. The summed E-state index contributed by atoms with van der Waals surface area (Å²) < 4.78 is 6.42. The first-order valence-electron chi connectivity index (χ1n) is 6.93. The Kier molecular flexibility index (Phi) is 4.90. The van der Waals surface area contributed by atoms with Crippen LogP contribution < -0.4 is 5.32 Å². The van der Waals surface area contributed by atoms with Crippen molar-refractivity contribution < 1.29 is 20.0 Å². The van der Waals surface area contributed by atoms with Crippen molar-refractivity contribution in [2.45, 2.75) is 32.3 Å². The molecule has 2 rings (SSSR count). The molecule has 110 valence electrons. The van der Waals surface area contributed by atoms with E-state index in [0.29, 0.717) is 11.5 Å². The molecular formula is C15H21INO3+. The molecule has 0 aromatic heterocycles. The van der Waals surface area contributed by atoms with Crippen LogP contribution in [0.1, 0.15) is 37.0 Å². The quantitative estimate of drug-likeness (QED) is 0.612. The molecule has 1 fully saturated rings. The van der Waals surface area contributed by atoms with E-state index < -0.39 is 5.60 Å². The molecule has 1 aromatic carbocycles. The first-order chi connectivity index (χ1) is 9.40. The van der Waals surface area contributed by atoms with Gasteiger partial charge in [0.2, 0.25) is 0 Å². The van der Waals surface area contributed by atoms with E-state index in [1.165, 1.54) is 6.07 Å². The number of aromatic hydroxyl groups is 1. The standard InChI is InChI=1S/C15H20INO3/c1-15(2,11-5-7-17-8-6-11)20-14(19)10-3-4-12(16)13(18)9-10/h3-4,9,11,17-18H,5-8H2,1-2H3/p+1. The monoisotopic (exact) mass is 390 g/mol. The number of phenols is 1. The van der Waals surface area contributed by atoms with Crippen LogP contribution in [-0.2, 0) is 4.74 Å². The molecule has 0 atom stereocenters. The lowest BCUT2D eigenvalue weighted by atomic mass is 9.83. The van der Waals surface area contributed by atoms with Gasteiger partial charge < -0.3 is 15.2 Å². The van der Waals surface area contributed by atoms with Crippen LogP contribution in [-0.4, -0.2) is 29.8 Å². The number of carbonyl (C=O) groups excluding carboxylic acids is 1. The van der Waals surface area contributed by atoms with Gasteiger partial charge in [0.1, 0.15) is 11.4 Å². The van der Waals surface area contributed by atoms with Crippen molar-refractivity contribution in [1.82, 2.24) is 0 Å². The van der Waals surface area contributed by atoms with Gasteiger partial charge in [-0.25, -0.2) is 4.79 Å². The van der Waals surface area contributed by atoms with Gasteiger partial charge in [-0.05, 0) is 54.6 Å². The number of rotatable bonds is 3. The van der Waals surface area contributed by atoms with Crippen LogP contribution >= 0.6 is 22.6 Å². The van der Waals surface area contributed by atoms with Crippen LogP contribution in [0.4, 0.5) is 0 Å². The van der Waals surface area contributed by atoms with Gasteiger partial charge in [-0.3, -0.25) is 0 Å². The van der Waals surface area contributed by atoms with E-state index in [1.807, 2.05) is 36.4 Å². The fraction of sp³-hybridized carbons (Fsp3) is 0.533. The highest BCUT2D eigenvalue weighted by atomic mass is 127. The van der Waals surface area contributed by atoms with Crippen LogP contribution in [0.25, 0.3) is 0 Å². The number of carbonyl (C=O) groups is 1. The number of hydrogen-bond acceptors (Lipinski definition) is 3. The lowest BCUT2D eigenvalue weighted by molar-refractivity contribution is -0.665. The number of piperidine rings is 1. The molecule has 0 amide bonds. The molecule has 1 aliphatic rings. The minimum absolute atomic E-state index is 0.116. The number of hydrogen-bond donors (Lipinski definition) is 2. The Bertz CT molecular complexity index is 496. The normalized spacial score (nSPS) is 16.9. The van der Waals surface area contributed by atoms with Gasteiger partial charge in [-0.15, -0.1) is 0 Å². The van der Waals surface area contributed by atoms with Gasteiger partial charge in [-0.2, -0.15) is 0 Å². The average molecular weight is 390 g/mol. The van der Waals surface area contributed by atoms with E-state index >= 15 is 0 Å². The maximum atomic E-state index is 12.2. The lowest BCUT2D eigenvalue weighted by Crippen LogP contribution is -2.86. The first-order valence-corrected chi connectivity index (χ1v) is 8.01. The molecule has 0 aliphatic carbocycles. The van der Waals surface area contributed by atoms with E-state index in [4.69, 9.17) is 4.74 Å². The Morgan fingerprint density at radius 2 is 2.05 bits per heavy atom. The number of ether oxygens (including phenoxy) is 1. The number of benzene rings is 1. The predicted molar refractivity (Wildman–Crippen MR) is 84.7 cm³/mol. The molecule has 1 heterocycles. The van der Waals surface area contributed by atoms with Crippen molar-refractivity contribution in [3.63, 3.8) is 0 Å². The van der Waals surface area contributed by atoms with Crippen molar-refractivity contribution in [2.24, 2.45) is 5.92 Å².